The summed E-state index contributed by atoms with van der Waals surface area (Å²) >= 11 is 1.83. The zero-order valence-electron chi connectivity index (χ0n) is 11.4. The van der Waals surface area contributed by atoms with Gasteiger partial charge in [0.15, 0.2) is 0 Å². The summed E-state index contributed by atoms with van der Waals surface area (Å²) in [5.41, 5.74) is 0. The van der Waals surface area contributed by atoms with Gasteiger partial charge in [-0.1, -0.05) is 26.8 Å². The van der Waals surface area contributed by atoms with Crippen LogP contribution in [-0.2, 0) is 11.2 Å². The van der Waals surface area contributed by atoms with E-state index in [-0.39, 0.29) is 0 Å². The van der Waals surface area contributed by atoms with Gasteiger partial charge < -0.3 is 10.1 Å². The predicted octanol–water partition coefficient (Wildman–Crippen LogP) is 3.33. The Hall–Kier alpha value is -0.380. The molecule has 2 nitrogen and oxygen atoms in total. The van der Waals surface area contributed by atoms with Crippen LogP contribution in [0.4, 0.5) is 0 Å². The van der Waals surface area contributed by atoms with Crippen molar-refractivity contribution in [2.24, 2.45) is 5.92 Å². The summed E-state index contributed by atoms with van der Waals surface area (Å²) in [7, 11) is 0. The number of ether oxygens (including phenoxy) is 1. The average molecular weight is 255 g/mol. The van der Waals surface area contributed by atoms with E-state index in [1.54, 1.807) is 0 Å². The quantitative estimate of drug-likeness (QED) is 0.769. The average Bonchev–Trinajstić information content (AvgIpc) is 2.78. The van der Waals surface area contributed by atoms with Crippen LogP contribution >= 0.6 is 11.3 Å². The molecule has 0 aliphatic rings. The molecule has 2 atom stereocenters. The summed E-state index contributed by atoms with van der Waals surface area (Å²) in [4.78, 5) is 1.43. The zero-order valence-corrected chi connectivity index (χ0v) is 12.2. The first kappa shape index (κ1) is 14.7. The topological polar surface area (TPSA) is 21.3 Å². The number of hydrogen-bond acceptors (Lipinski definition) is 3. The normalized spacial score (nSPS) is 15.1. The highest BCUT2D eigenvalue weighted by molar-refractivity contribution is 7.09. The van der Waals surface area contributed by atoms with E-state index in [1.165, 1.54) is 4.88 Å². The molecule has 0 aromatic carbocycles. The monoisotopic (exact) mass is 255 g/mol. The van der Waals surface area contributed by atoms with Crippen molar-refractivity contribution in [1.29, 1.82) is 0 Å². The van der Waals surface area contributed by atoms with Gasteiger partial charge in [0.2, 0.25) is 0 Å². The van der Waals surface area contributed by atoms with Crippen molar-refractivity contribution >= 4 is 11.3 Å². The first-order chi connectivity index (χ1) is 8.19. The van der Waals surface area contributed by atoms with Gasteiger partial charge in [-0.2, -0.15) is 0 Å². The summed E-state index contributed by atoms with van der Waals surface area (Å²) < 4.78 is 5.91. The Morgan fingerprint density at radius 2 is 2.12 bits per heavy atom. The Morgan fingerprint density at radius 1 is 1.35 bits per heavy atom. The molecule has 0 spiro atoms. The SMILES string of the molecule is CCNC(Cc1cccs1)C(OCC)C(C)C. The molecule has 98 valence electrons. The highest BCUT2D eigenvalue weighted by atomic mass is 32.1. The van der Waals surface area contributed by atoms with Gasteiger partial charge in [0.25, 0.3) is 0 Å². The lowest BCUT2D eigenvalue weighted by Crippen LogP contribution is -2.45. The number of hydrogen-bond donors (Lipinski definition) is 1. The molecule has 0 aliphatic carbocycles. The lowest BCUT2D eigenvalue weighted by atomic mass is 9.96. The van der Waals surface area contributed by atoms with E-state index in [0.717, 1.165) is 19.6 Å². The summed E-state index contributed by atoms with van der Waals surface area (Å²) in [5, 5.41) is 5.71. The lowest BCUT2D eigenvalue weighted by Gasteiger charge is -2.30. The molecule has 0 fully saturated rings. The summed E-state index contributed by atoms with van der Waals surface area (Å²) in [5.74, 6) is 0.541. The van der Waals surface area contributed by atoms with E-state index in [4.69, 9.17) is 4.74 Å². The molecule has 0 amide bonds. The molecule has 1 heterocycles. The maximum absolute atomic E-state index is 5.91. The van der Waals surface area contributed by atoms with Crippen molar-refractivity contribution in [1.82, 2.24) is 5.32 Å². The third-order valence-corrected chi connectivity index (χ3v) is 3.78. The Morgan fingerprint density at radius 3 is 2.59 bits per heavy atom. The Balaban J connectivity index is 2.67. The number of thiophene rings is 1. The number of likely N-dealkylation sites (N-methyl/N-ethyl adjacent to an activating group) is 1. The van der Waals surface area contributed by atoms with E-state index < -0.39 is 0 Å². The van der Waals surface area contributed by atoms with Crippen LogP contribution in [0.1, 0.15) is 32.6 Å². The molecule has 0 radical (unpaired) electrons. The van der Waals surface area contributed by atoms with Crippen molar-refractivity contribution in [3.8, 4) is 0 Å². The van der Waals surface area contributed by atoms with Crippen molar-refractivity contribution in [3.63, 3.8) is 0 Å². The lowest BCUT2D eigenvalue weighted by molar-refractivity contribution is 0.00413. The second-order valence-corrected chi connectivity index (χ2v) is 5.64. The van der Waals surface area contributed by atoms with Crippen LogP contribution in [-0.4, -0.2) is 25.3 Å². The van der Waals surface area contributed by atoms with Crippen molar-refractivity contribution in [3.05, 3.63) is 22.4 Å². The molecule has 1 rings (SSSR count). The van der Waals surface area contributed by atoms with Gasteiger partial charge in [-0.05, 0) is 37.3 Å². The highest BCUT2D eigenvalue weighted by Gasteiger charge is 2.24. The van der Waals surface area contributed by atoms with Gasteiger partial charge >= 0.3 is 0 Å². The minimum atomic E-state index is 0.294. The maximum atomic E-state index is 5.91. The van der Waals surface area contributed by atoms with Crippen molar-refractivity contribution in [2.45, 2.75) is 46.3 Å². The highest BCUT2D eigenvalue weighted by Crippen LogP contribution is 2.18. The standard InChI is InChI=1S/C14H25NOS/c1-5-15-13(10-12-8-7-9-17-12)14(11(3)4)16-6-2/h7-9,11,13-15H,5-6,10H2,1-4H3. The van der Waals surface area contributed by atoms with Crippen LogP contribution in [0.25, 0.3) is 0 Å². The second-order valence-electron chi connectivity index (χ2n) is 4.61. The van der Waals surface area contributed by atoms with Crippen LogP contribution in [0.5, 0.6) is 0 Å². The maximum Gasteiger partial charge on any atom is 0.0754 e. The summed E-state index contributed by atoms with van der Waals surface area (Å²) in [6.45, 7) is 10.5. The van der Waals surface area contributed by atoms with E-state index in [2.05, 4.69) is 50.5 Å². The molecule has 1 aromatic rings. The molecule has 17 heavy (non-hydrogen) atoms. The molecular formula is C14H25NOS. The zero-order chi connectivity index (χ0) is 12.7. The van der Waals surface area contributed by atoms with Crippen LogP contribution in [0.2, 0.25) is 0 Å². The third kappa shape index (κ3) is 4.78. The smallest absolute Gasteiger partial charge is 0.0754 e. The van der Waals surface area contributed by atoms with Crippen LogP contribution in [0.3, 0.4) is 0 Å². The molecule has 0 bridgehead atoms. The molecule has 0 saturated heterocycles. The van der Waals surface area contributed by atoms with Crippen LogP contribution in [0.15, 0.2) is 17.5 Å². The van der Waals surface area contributed by atoms with Gasteiger partial charge in [0.05, 0.1) is 6.10 Å². The molecule has 2 unspecified atom stereocenters. The second kappa shape index (κ2) is 7.85. The van der Waals surface area contributed by atoms with Gasteiger partial charge in [0.1, 0.15) is 0 Å². The molecule has 3 heteroatoms. The Bertz CT molecular complexity index is 284. The molecule has 0 saturated carbocycles. The molecular weight excluding hydrogens is 230 g/mol. The largest absolute Gasteiger partial charge is 0.377 e. The third-order valence-electron chi connectivity index (χ3n) is 2.88. The van der Waals surface area contributed by atoms with Gasteiger partial charge in [-0.3, -0.25) is 0 Å². The number of rotatable bonds is 8. The fourth-order valence-electron chi connectivity index (χ4n) is 2.18. The first-order valence-corrected chi connectivity index (χ1v) is 7.44. The fraction of sp³-hybridized carbons (Fsp3) is 0.714. The van der Waals surface area contributed by atoms with E-state index in [1.807, 2.05) is 11.3 Å². The van der Waals surface area contributed by atoms with Crippen LogP contribution < -0.4 is 5.32 Å². The van der Waals surface area contributed by atoms with E-state index in [0.29, 0.717) is 18.1 Å². The Labute approximate surface area is 109 Å². The summed E-state index contributed by atoms with van der Waals surface area (Å²) in [6, 6.07) is 4.74. The summed E-state index contributed by atoms with van der Waals surface area (Å²) in [6.07, 6.45) is 1.36. The van der Waals surface area contributed by atoms with Crippen molar-refractivity contribution < 1.29 is 4.74 Å². The van der Waals surface area contributed by atoms with Gasteiger partial charge in [-0.15, -0.1) is 11.3 Å². The van der Waals surface area contributed by atoms with E-state index in [9.17, 15) is 0 Å². The molecule has 0 aliphatic heterocycles. The molecule has 1 aromatic heterocycles. The van der Waals surface area contributed by atoms with E-state index >= 15 is 0 Å². The van der Waals surface area contributed by atoms with Crippen LogP contribution in [0, 0.1) is 5.92 Å². The minimum Gasteiger partial charge on any atom is -0.377 e. The van der Waals surface area contributed by atoms with Gasteiger partial charge in [-0.25, -0.2) is 0 Å². The molecule has 1 N–H and O–H groups in total. The van der Waals surface area contributed by atoms with Crippen molar-refractivity contribution in [2.75, 3.05) is 13.2 Å². The minimum absolute atomic E-state index is 0.294. The fourth-order valence-corrected chi connectivity index (χ4v) is 2.94. The Kier molecular flexibility index (Phi) is 6.78. The predicted molar refractivity (Wildman–Crippen MR) is 75.7 cm³/mol. The first-order valence-electron chi connectivity index (χ1n) is 6.56. The number of nitrogens with one attached hydrogen (secondary N) is 1. The van der Waals surface area contributed by atoms with Gasteiger partial charge in [0, 0.05) is 17.5 Å².